The van der Waals surface area contributed by atoms with Crippen molar-refractivity contribution in [3.8, 4) is 0 Å². The molecule has 0 aliphatic carbocycles. The summed E-state index contributed by atoms with van der Waals surface area (Å²) < 4.78 is 42.4. The minimum absolute atomic E-state index is 0.0703. The van der Waals surface area contributed by atoms with E-state index in [4.69, 9.17) is 9.47 Å². The predicted octanol–water partition coefficient (Wildman–Crippen LogP) is 5.71. The Morgan fingerprint density at radius 2 is 1.09 bits per heavy atom. The van der Waals surface area contributed by atoms with Crippen molar-refractivity contribution in [2.45, 2.75) is 116 Å². The maximum atomic E-state index is 12.1. The van der Waals surface area contributed by atoms with E-state index in [1.165, 1.54) is 25.7 Å². The Hall–Kier alpha value is -1.15. The molecule has 0 radical (unpaired) electrons. The molecule has 0 fully saturated rings. The summed E-state index contributed by atoms with van der Waals surface area (Å²) in [6.45, 7) is 9.03. The Morgan fingerprint density at radius 1 is 0.688 bits per heavy atom. The van der Waals surface area contributed by atoms with Crippen molar-refractivity contribution >= 4 is 22.1 Å². The number of ether oxygens (including phenoxy) is 2. The van der Waals surface area contributed by atoms with Crippen LogP contribution in [0.3, 0.4) is 0 Å². The van der Waals surface area contributed by atoms with Gasteiger partial charge in [-0.05, 0) is 24.7 Å². The lowest BCUT2D eigenvalue weighted by Crippen LogP contribution is -2.34. The van der Waals surface area contributed by atoms with E-state index in [-0.39, 0.29) is 13.2 Å². The fourth-order valence-corrected chi connectivity index (χ4v) is 4.00. The third kappa shape index (κ3) is 18.4. The molecule has 0 saturated heterocycles. The lowest BCUT2D eigenvalue weighted by molar-refractivity contribution is -0.150. The zero-order valence-electron chi connectivity index (χ0n) is 20.6. The smallest absolute Gasteiger partial charge is 0.327 e. The van der Waals surface area contributed by atoms with Crippen LogP contribution in [0.1, 0.15) is 111 Å². The Morgan fingerprint density at radius 3 is 1.53 bits per heavy atom. The highest BCUT2D eigenvalue weighted by Crippen LogP contribution is 2.13. The van der Waals surface area contributed by atoms with Gasteiger partial charge in [0.15, 0.2) is 5.25 Å². The molecule has 0 heterocycles. The third-order valence-electron chi connectivity index (χ3n) is 5.33. The molecule has 0 aromatic rings. The molecule has 0 aliphatic heterocycles. The zero-order chi connectivity index (χ0) is 24.4. The van der Waals surface area contributed by atoms with Crippen LogP contribution < -0.4 is 0 Å². The van der Waals surface area contributed by atoms with Crippen LogP contribution >= 0.6 is 0 Å². The van der Waals surface area contributed by atoms with E-state index in [9.17, 15) is 22.6 Å². The van der Waals surface area contributed by atoms with Gasteiger partial charge in [0, 0.05) is 0 Å². The summed E-state index contributed by atoms with van der Waals surface area (Å²) in [5.74, 6) is -0.526. The molecule has 0 bridgehead atoms. The molecule has 0 unspecified atom stereocenters. The fourth-order valence-electron chi connectivity index (χ4n) is 3.34. The Labute approximate surface area is 195 Å². The predicted molar refractivity (Wildman–Crippen MR) is 127 cm³/mol. The van der Waals surface area contributed by atoms with Crippen LogP contribution in [0.4, 0.5) is 0 Å². The van der Waals surface area contributed by atoms with Gasteiger partial charge >= 0.3 is 11.9 Å². The third-order valence-corrected chi connectivity index (χ3v) is 6.41. The Bertz CT molecular complexity index is 599. The molecule has 1 N–H and O–H groups in total. The topological polar surface area (TPSA) is 107 Å². The van der Waals surface area contributed by atoms with Gasteiger partial charge in [-0.2, -0.15) is 8.42 Å². The van der Waals surface area contributed by atoms with Crippen molar-refractivity contribution in [3.63, 3.8) is 0 Å². The van der Waals surface area contributed by atoms with Crippen LogP contribution in [0.15, 0.2) is 0 Å². The summed E-state index contributed by atoms with van der Waals surface area (Å²) in [5, 5.41) is -1.93. The standard InChI is InChI=1S/C24H46O7S/c1-20(2)15-11-7-5-9-13-17-30-23(25)19-22(32(27,28)29)24(26)31-18-14-10-6-8-12-16-21(3)4/h20-22H,5-19H2,1-4H3,(H,27,28,29)/t22-/m0/s1. The van der Waals surface area contributed by atoms with Crippen molar-refractivity contribution in [2.75, 3.05) is 13.2 Å². The van der Waals surface area contributed by atoms with Crippen LogP contribution in [0.2, 0.25) is 0 Å². The number of hydrogen-bond acceptors (Lipinski definition) is 6. The van der Waals surface area contributed by atoms with Crippen molar-refractivity contribution < 1.29 is 32.0 Å². The van der Waals surface area contributed by atoms with Crippen LogP contribution in [0.5, 0.6) is 0 Å². The first-order valence-electron chi connectivity index (χ1n) is 12.3. The molecule has 1 atom stereocenters. The van der Waals surface area contributed by atoms with Gasteiger partial charge in [-0.25, -0.2) is 0 Å². The number of rotatable bonds is 20. The van der Waals surface area contributed by atoms with Crippen LogP contribution in [-0.2, 0) is 29.2 Å². The summed E-state index contributed by atoms with van der Waals surface area (Å²) >= 11 is 0. The molecule has 32 heavy (non-hydrogen) atoms. The van der Waals surface area contributed by atoms with E-state index in [2.05, 4.69) is 27.7 Å². The molecule has 0 saturated carbocycles. The van der Waals surface area contributed by atoms with E-state index in [1.54, 1.807) is 0 Å². The van der Waals surface area contributed by atoms with Gasteiger partial charge in [0.2, 0.25) is 0 Å². The first-order chi connectivity index (χ1) is 15.0. The molecule has 0 aromatic carbocycles. The minimum Gasteiger partial charge on any atom is -0.466 e. The molecule has 7 nitrogen and oxygen atoms in total. The highest BCUT2D eigenvalue weighted by atomic mass is 32.2. The fraction of sp³-hybridized carbons (Fsp3) is 0.917. The number of esters is 2. The number of unbranched alkanes of at least 4 members (excludes halogenated alkanes) is 8. The van der Waals surface area contributed by atoms with E-state index < -0.39 is 33.7 Å². The van der Waals surface area contributed by atoms with Gasteiger partial charge in [0.05, 0.1) is 19.6 Å². The zero-order valence-corrected chi connectivity index (χ0v) is 21.5. The second kappa shape index (κ2) is 18.3. The number of carbonyl (C=O) groups is 2. The lowest BCUT2D eigenvalue weighted by Gasteiger charge is -2.13. The van der Waals surface area contributed by atoms with Crippen molar-refractivity contribution in [3.05, 3.63) is 0 Å². The van der Waals surface area contributed by atoms with E-state index >= 15 is 0 Å². The van der Waals surface area contributed by atoms with Gasteiger partial charge in [-0.15, -0.1) is 0 Å². The first-order valence-corrected chi connectivity index (χ1v) is 13.8. The highest BCUT2D eigenvalue weighted by Gasteiger charge is 2.35. The van der Waals surface area contributed by atoms with Gasteiger partial charge in [-0.1, -0.05) is 91.9 Å². The average molecular weight is 479 g/mol. The summed E-state index contributed by atoms with van der Waals surface area (Å²) in [6, 6.07) is 0. The summed E-state index contributed by atoms with van der Waals surface area (Å²) in [5.41, 5.74) is 0. The molecule has 0 aromatic heterocycles. The molecular formula is C24H46O7S. The van der Waals surface area contributed by atoms with E-state index in [0.29, 0.717) is 24.7 Å². The molecule has 0 aliphatic rings. The second-order valence-electron chi connectivity index (χ2n) is 9.50. The normalized spacial score (nSPS) is 12.8. The largest absolute Gasteiger partial charge is 0.466 e. The Balaban J connectivity index is 4.07. The molecule has 0 spiro atoms. The van der Waals surface area contributed by atoms with Crippen molar-refractivity contribution in [2.24, 2.45) is 11.8 Å². The number of hydrogen-bond donors (Lipinski definition) is 1. The summed E-state index contributed by atoms with van der Waals surface area (Å²) in [4.78, 5) is 24.0. The minimum atomic E-state index is -4.75. The van der Waals surface area contributed by atoms with Crippen molar-refractivity contribution in [1.29, 1.82) is 0 Å². The number of carbonyl (C=O) groups excluding carboxylic acids is 2. The molecule has 190 valence electrons. The molecule has 8 heteroatoms. The molecule has 0 rings (SSSR count). The van der Waals surface area contributed by atoms with Gasteiger partial charge < -0.3 is 9.47 Å². The Kier molecular flexibility index (Phi) is 17.6. The molecule has 0 amide bonds. The maximum absolute atomic E-state index is 12.1. The summed E-state index contributed by atoms with van der Waals surface area (Å²) in [6.07, 6.45) is 11.5. The first kappa shape index (κ1) is 30.9. The van der Waals surface area contributed by atoms with Gasteiger partial charge in [0.1, 0.15) is 0 Å². The van der Waals surface area contributed by atoms with Crippen LogP contribution in [0, 0.1) is 11.8 Å². The van der Waals surface area contributed by atoms with E-state index in [1.807, 2.05) is 0 Å². The monoisotopic (exact) mass is 478 g/mol. The van der Waals surface area contributed by atoms with Crippen LogP contribution in [-0.4, -0.2) is 43.4 Å². The maximum Gasteiger partial charge on any atom is 0.327 e. The lowest BCUT2D eigenvalue weighted by atomic mass is 10.0. The van der Waals surface area contributed by atoms with Gasteiger partial charge in [0.25, 0.3) is 10.1 Å². The second-order valence-corrected chi connectivity index (χ2v) is 11.1. The highest BCUT2D eigenvalue weighted by molar-refractivity contribution is 7.87. The van der Waals surface area contributed by atoms with E-state index in [0.717, 1.165) is 38.5 Å². The van der Waals surface area contributed by atoms with Crippen molar-refractivity contribution in [1.82, 2.24) is 0 Å². The molecular weight excluding hydrogens is 432 g/mol. The quantitative estimate of drug-likeness (QED) is 0.136. The van der Waals surface area contributed by atoms with Crippen LogP contribution in [0.25, 0.3) is 0 Å². The average Bonchev–Trinajstić information content (AvgIpc) is 2.68. The summed E-state index contributed by atoms with van der Waals surface area (Å²) in [7, 11) is -4.75. The SMILES string of the molecule is CC(C)CCCCCCCOC(=O)C[C@@H](C(=O)OCCCCCCCC(C)C)S(=O)(=O)O. The van der Waals surface area contributed by atoms with Gasteiger partial charge in [-0.3, -0.25) is 14.1 Å².